The molecule has 0 saturated carbocycles. The Balaban J connectivity index is 2.37. The Kier molecular flexibility index (Phi) is 3.56. The van der Waals surface area contributed by atoms with E-state index < -0.39 is 20.7 Å². The van der Waals surface area contributed by atoms with Gasteiger partial charge < -0.3 is 10.6 Å². The van der Waals surface area contributed by atoms with Crippen LogP contribution in [0.1, 0.15) is 0 Å². The number of anilines is 1. The second-order valence-corrected chi connectivity index (χ2v) is 6.24. The summed E-state index contributed by atoms with van der Waals surface area (Å²) in [5, 5.41) is 0. The third-order valence-corrected chi connectivity index (χ3v) is 5.05. The van der Waals surface area contributed by atoms with Crippen LogP contribution in [0.4, 0.5) is 10.1 Å². The van der Waals surface area contributed by atoms with Crippen molar-refractivity contribution in [1.29, 1.82) is 0 Å². The molecule has 100 valence electrons. The molecule has 0 atom stereocenters. The van der Waals surface area contributed by atoms with Crippen LogP contribution in [0.2, 0.25) is 0 Å². The van der Waals surface area contributed by atoms with E-state index in [1.54, 1.807) is 0 Å². The van der Waals surface area contributed by atoms with Crippen molar-refractivity contribution < 1.29 is 12.8 Å². The maximum absolute atomic E-state index is 13.7. The second-order valence-electron chi connectivity index (χ2n) is 4.37. The van der Waals surface area contributed by atoms with Gasteiger partial charge in [-0.15, -0.1) is 0 Å². The average Bonchev–Trinajstić information content (AvgIpc) is 2.29. The number of piperazine rings is 1. The van der Waals surface area contributed by atoms with Crippen molar-refractivity contribution in [3.05, 3.63) is 24.0 Å². The van der Waals surface area contributed by atoms with E-state index >= 15 is 0 Å². The lowest BCUT2D eigenvalue weighted by Gasteiger charge is -2.31. The van der Waals surface area contributed by atoms with Crippen LogP contribution >= 0.6 is 0 Å². The summed E-state index contributed by atoms with van der Waals surface area (Å²) < 4.78 is 39.6. The van der Waals surface area contributed by atoms with Gasteiger partial charge in [0.2, 0.25) is 10.0 Å². The number of benzene rings is 1. The molecule has 1 aromatic rings. The number of rotatable bonds is 2. The Bertz CT molecular complexity index is 519. The molecule has 1 aromatic carbocycles. The van der Waals surface area contributed by atoms with Crippen molar-refractivity contribution in [3.8, 4) is 0 Å². The summed E-state index contributed by atoms with van der Waals surface area (Å²) in [6.07, 6.45) is 0. The van der Waals surface area contributed by atoms with E-state index in [4.69, 9.17) is 5.73 Å². The van der Waals surface area contributed by atoms with E-state index in [-0.39, 0.29) is 5.69 Å². The molecule has 1 aliphatic rings. The smallest absolute Gasteiger partial charge is 0.248 e. The first-order valence-electron chi connectivity index (χ1n) is 5.65. The van der Waals surface area contributed by atoms with Gasteiger partial charge in [-0.05, 0) is 19.2 Å². The third kappa shape index (κ3) is 2.33. The highest BCUT2D eigenvalue weighted by atomic mass is 32.2. The predicted octanol–water partition coefficient (Wildman–Crippen LogP) is 0.344. The Morgan fingerprint density at radius 1 is 1.22 bits per heavy atom. The van der Waals surface area contributed by atoms with Crippen LogP contribution in [0.3, 0.4) is 0 Å². The number of nitrogen functional groups attached to an aromatic ring is 1. The van der Waals surface area contributed by atoms with Crippen LogP contribution in [0, 0.1) is 5.82 Å². The van der Waals surface area contributed by atoms with Crippen molar-refractivity contribution in [2.45, 2.75) is 4.90 Å². The summed E-state index contributed by atoms with van der Waals surface area (Å²) >= 11 is 0. The van der Waals surface area contributed by atoms with Crippen molar-refractivity contribution in [2.75, 3.05) is 39.0 Å². The maximum Gasteiger partial charge on any atom is 0.248 e. The zero-order valence-electron chi connectivity index (χ0n) is 10.1. The van der Waals surface area contributed by atoms with E-state index in [0.717, 1.165) is 6.07 Å². The van der Waals surface area contributed by atoms with Gasteiger partial charge in [0, 0.05) is 26.2 Å². The van der Waals surface area contributed by atoms with Gasteiger partial charge >= 0.3 is 0 Å². The van der Waals surface area contributed by atoms with Crippen LogP contribution in [0.15, 0.2) is 23.1 Å². The minimum Gasteiger partial charge on any atom is -0.398 e. The molecule has 18 heavy (non-hydrogen) atoms. The van der Waals surface area contributed by atoms with E-state index in [1.165, 1.54) is 16.4 Å². The highest BCUT2D eigenvalue weighted by Gasteiger charge is 2.31. The Morgan fingerprint density at radius 2 is 1.83 bits per heavy atom. The highest BCUT2D eigenvalue weighted by Crippen LogP contribution is 2.25. The monoisotopic (exact) mass is 273 g/mol. The molecule has 0 aliphatic carbocycles. The normalized spacial score (nSPS) is 19.0. The molecule has 1 heterocycles. The van der Waals surface area contributed by atoms with Crippen molar-refractivity contribution >= 4 is 15.7 Å². The Morgan fingerprint density at radius 3 is 2.39 bits per heavy atom. The van der Waals surface area contributed by atoms with Gasteiger partial charge in [-0.25, -0.2) is 12.8 Å². The highest BCUT2D eigenvalue weighted by molar-refractivity contribution is 7.89. The predicted molar refractivity (Wildman–Crippen MR) is 67.1 cm³/mol. The number of likely N-dealkylation sites (N-methyl/N-ethyl adjacent to an activating group) is 1. The molecule has 0 amide bonds. The van der Waals surface area contributed by atoms with E-state index in [2.05, 4.69) is 0 Å². The summed E-state index contributed by atoms with van der Waals surface area (Å²) in [5.41, 5.74) is 5.54. The van der Waals surface area contributed by atoms with Gasteiger partial charge in [-0.2, -0.15) is 4.31 Å². The molecule has 1 fully saturated rings. The second kappa shape index (κ2) is 4.83. The van der Waals surface area contributed by atoms with E-state index in [1.807, 2.05) is 11.9 Å². The molecule has 0 bridgehead atoms. The van der Waals surface area contributed by atoms with E-state index in [9.17, 15) is 12.8 Å². The number of hydrogen-bond donors (Lipinski definition) is 1. The van der Waals surface area contributed by atoms with Crippen LogP contribution < -0.4 is 5.73 Å². The first-order valence-corrected chi connectivity index (χ1v) is 7.09. The molecule has 1 saturated heterocycles. The third-order valence-electron chi connectivity index (χ3n) is 3.06. The Hall–Kier alpha value is -1.18. The van der Waals surface area contributed by atoms with Crippen LogP contribution in [-0.4, -0.2) is 50.8 Å². The van der Waals surface area contributed by atoms with Crippen molar-refractivity contribution in [3.63, 3.8) is 0 Å². The number of sulfonamides is 1. The zero-order valence-corrected chi connectivity index (χ0v) is 11.0. The maximum atomic E-state index is 13.7. The number of nitrogens with two attached hydrogens (primary N) is 1. The molecular formula is C11H16FN3O2S. The molecule has 1 aliphatic heterocycles. The summed E-state index contributed by atoms with van der Waals surface area (Å²) in [6, 6.07) is 3.90. The molecule has 0 spiro atoms. The lowest BCUT2D eigenvalue weighted by Crippen LogP contribution is -2.47. The minimum atomic E-state index is -3.84. The molecule has 7 heteroatoms. The molecule has 0 radical (unpaired) electrons. The fourth-order valence-corrected chi connectivity index (χ4v) is 3.54. The van der Waals surface area contributed by atoms with Crippen LogP contribution in [0.5, 0.6) is 0 Å². The molecule has 2 N–H and O–H groups in total. The van der Waals surface area contributed by atoms with Crippen molar-refractivity contribution in [2.24, 2.45) is 0 Å². The SMILES string of the molecule is CN1CCN(S(=O)(=O)c2c(N)cccc2F)CC1. The van der Waals surface area contributed by atoms with Gasteiger partial charge in [0.1, 0.15) is 10.7 Å². The molecular weight excluding hydrogens is 257 g/mol. The van der Waals surface area contributed by atoms with Gasteiger partial charge in [-0.1, -0.05) is 6.07 Å². The average molecular weight is 273 g/mol. The fourth-order valence-electron chi connectivity index (χ4n) is 1.96. The fraction of sp³-hybridized carbons (Fsp3) is 0.455. The van der Waals surface area contributed by atoms with Crippen LogP contribution in [-0.2, 0) is 10.0 Å². The van der Waals surface area contributed by atoms with Gasteiger partial charge in [0.25, 0.3) is 0 Å². The number of hydrogen-bond acceptors (Lipinski definition) is 4. The van der Waals surface area contributed by atoms with Crippen molar-refractivity contribution in [1.82, 2.24) is 9.21 Å². The molecule has 0 unspecified atom stereocenters. The molecule has 0 aromatic heterocycles. The number of nitrogens with zero attached hydrogens (tertiary/aromatic N) is 2. The topological polar surface area (TPSA) is 66.6 Å². The first kappa shape index (κ1) is 13.3. The Labute approximate surface area is 106 Å². The van der Waals surface area contributed by atoms with Gasteiger partial charge in [0.05, 0.1) is 5.69 Å². The lowest BCUT2D eigenvalue weighted by molar-refractivity contribution is 0.222. The van der Waals surface area contributed by atoms with E-state index in [0.29, 0.717) is 26.2 Å². The summed E-state index contributed by atoms with van der Waals surface area (Å²) in [5.74, 6) is -0.797. The quantitative estimate of drug-likeness (QED) is 0.789. The standard InChI is InChI=1S/C11H16FN3O2S/c1-14-5-7-15(8-6-14)18(16,17)11-9(12)3-2-4-10(11)13/h2-4H,5-8,13H2,1H3. The summed E-state index contributed by atoms with van der Waals surface area (Å²) in [4.78, 5) is 1.62. The summed E-state index contributed by atoms with van der Waals surface area (Å²) in [6.45, 7) is 1.97. The number of halogens is 1. The minimum absolute atomic E-state index is 0.0473. The molecule has 5 nitrogen and oxygen atoms in total. The summed E-state index contributed by atoms with van der Waals surface area (Å²) in [7, 11) is -1.92. The van der Waals surface area contributed by atoms with Gasteiger partial charge in [-0.3, -0.25) is 0 Å². The first-order chi connectivity index (χ1) is 8.43. The lowest BCUT2D eigenvalue weighted by atomic mass is 10.3. The largest absolute Gasteiger partial charge is 0.398 e. The molecule has 2 rings (SSSR count). The van der Waals surface area contributed by atoms with Crippen LogP contribution in [0.25, 0.3) is 0 Å². The van der Waals surface area contributed by atoms with Gasteiger partial charge in [0.15, 0.2) is 0 Å². The zero-order chi connectivity index (χ0) is 13.3.